The zero-order chi connectivity index (χ0) is 17.7. The van der Waals surface area contributed by atoms with E-state index < -0.39 is 5.91 Å². The van der Waals surface area contributed by atoms with Gasteiger partial charge in [-0.15, -0.1) is 0 Å². The first kappa shape index (κ1) is 17.7. The van der Waals surface area contributed by atoms with Gasteiger partial charge in [0.2, 0.25) is 11.8 Å². The maximum absolute atomic E-state index is 12.6. The number of hydrogen-bond acceptors (Lipinski definition) is 4. The first-order valence-corrected chi connectivity index (χ1v) is 7.77. The summed E-state index contributed by atoms with van der Waals surface area (Å²) in [6, 6.07) is 8.18. The Hall–Kier alpha value is -2.60. The molecular formula is C17H18ClN3O3. The minimum Gasteiger partial charge on any atom is -0.477 e. The number of nitrogens with one attached hydrogen (secondary N) is 2. The van der Waals surface area contributed by atoms with Gasteiger partial charge < -0.3 is 15.4 Å². The number of halogens is 1. The average Bonchev–Trinajstić information content (AvgIpc) is 2.50. The summed E-state index contributed by atoms with van der Waals surface area (Å²) in [6.45, 7) is 5.41. The van der Waals surface area contributed by atoms with E-state index in [1.165, 1.54) is 6.92 Å². The van der Waals surface area contributed by atoms with Gasteiger partial charge in [0, 0.05) is 17.6 Å². The Bertz CT molecular complexity index is 778. The third-order valence-electron chi connectivity index (χ3n) is 3.07. The maximum Gasteiger partial charge on any atom is 0.261 e. The summed E-state index contributed by atoms with van der Waals surface area (Å²) in [5, 5.41) is 5.82. The Morgan fingerprint density at radius 2 is 1.92 bits per heavy atom. The predicted molar refractivity (Wildman–Crippen MR) is 93.9 cm³/mol. The lowest BCUT2D eigenvalue weighted by molar-refractivity contribution is -0.114. The van der Waals surface area contributed by atoms with Crippen LogP contribution in [0.15, 0.2) is 30.3 Å². The summed E-state index contributed by atoms with van der Waals surface area (Å²) < 4.78 is 5.43. The van der Waals surface area contributed by atoms with Crippen molar-refractivity contribution in [2.75, 3.05) is 17.2 Å². The fourth-order valence-electron chi connectivity index (χ4n) is 2.06. The van der Waals surface area contributed by atoms with E-state index in [-0.39, 0.29) is 11.8 Å². The number of amides is 2. The molecule has 0 bridgehead atoms. The number of benzene rings is 1. The first-order chi connectivity index (χ1) is 11.4. The van der Waals surface area contributed by atoms with Crippen molar-refractivity contribution >= 4 is 34.8 Å². The van der Waals surface area contributed by atoms with Gasteiger partial charge in [0.15, 0.2) is 0 Å². The normalized spacial score (nSPS) is 10.2. The van der Waals surface area contributed by atoms with Gasteiger partial charge in [0.25, 0.3) is 5.91 Å². The number of pyridine rings is 1. The molecule has 2 amide bonds. The van der Waals surface area contributed by atoms with Crippen molar-refractivity contribution in [1.82, 2.24) is 4.98 Å². The maximum atomic E-state index is 12.6. The Morgan fingerprint density at radius 1 is 1.17 bits per heavy atom. The number of aromatic nitrogens is 1. The zero-order valence-corrected chi connectivity index (χ0v) is 14.4. The van der Waals surface area contributed by atoms with Crippen LogP contribution < -0.4 is 15.4 Å². The zero-order valence-electron chi connectivity index (χ0n) is 13.6. The number of hydrogen-bond donors (Lipinski definition) is 2. The number of carbonyl (C=O) groups is 2. The van der Waals surface area contributed by atoms with Gasteiger partial charge in [-0.05, 0) is 44.2 Å². The van der Waals surface area contributed by atoms with E-state index in [9.17, 15) is 9.59 Å². The van der Waals surface area contributed by atoms with E-state index in [0.717, 1.165) is 5.69 Å². The molecule has 6 nitrogen and oxygen atoms in total. The van der Waals surface area contributed by atoms with Crippen LogP contribution in [0.5, 0.6) is 5.88 Å². The highest BCUT2D eigenvalue weighted by atomic mass is 35.5. The van der Waals surface area contributed by atoms with Crippen molar-refractivity contribution < 1.29 is 14.3 Å². The summed E-state index contributed by atoms with van der Waals surface area (Å²) >= 11 is 5.98. The molecular weight excluding hydrogens is 330 g/mol. The predicted octanol–water partition coefficient (Wildman–Crippen LogP) is 3.65. The molecule has 7 heteroatoms. The molecule has 0 saturated carbocycles. The van der Waals surface area contributed by atoms with Crippen LogP contribution in [-0.4, -0.2) is 23.4 Å². The first-order valence-electron chi connectivity index (χ1n) is 7.39. The quantitative estimate of drug-likeness (QED) is 0.865. The van der Waals surface area contributed by atoms with Gasteiger partial charge in [0.1, 0.15) is 5.56 Å². The number of rotatable bonds is 5. The third-order valence-corrected chi connectivity index (χ3v) is 3.30. The fourth-order valence-corrected chi connectivity index (χ4v) is 2.23. The minimum atomic E-state index is -0.403. The number of anilines is 2. The van der Waals surface area contributed by atoms with Crippen LogP contribution >= 0.6 is 11.6 Å². The second kappa shape index (κ2) is 7.79. The Balaban J connectivity index is 2.33. The van der Waals surface area contributed by atoms with Gasteiger partial charge in [-0.3, -0.25) is 9.59 Å². The average molecular weight is 348 g/mol. The van der Waals surface area contributed by atoms with Gasteiger partial charge in [0.05, 0.1) is 18.0 Å². The van der Waals surface area contributed by atoms with Crippen LogP contribution in [0.25, 0.3) is 0 Å². The molecule has 0 atom stereocenters. The highest BCUT2D eigenvalue weighted by molar-refractivity contribution is 6.31. The molecule has 0 radical (unpaired) electrons. The van der Waals surface area contributed by atoms with Crippen molar-refractivity contribution in [1.29, 1.82) is 0 Å². The standard InChI is InChI=1S/C17H18ClN3O3/c1-4-24-17-13(7-5-10(2)19-17)16(23)21-15-9-12(18)6-8-14(15)20-11(3)22/h5-9H,4H2,1-3H3,(H,20,22)(H,21,23). The molecule has 24 heavy (non-hydrogen) atoms. The highest BCUT2D eigenvalue weighted by Crippen LogP contribution is 2.27. The molecule has 126 valence electrons. The number of ether oxygens (including phenoxy) is 1. The number of nitrogens with zero attached hydrogens (tertiary/aromatic N) is 1. The van der Waals surface area contributed by atoms with Crippen LogP contribution in [-0.2, 0) is 4.79 Å². The molecule has 0 fully saturated rings. The van der Waals surface area contributed by atoms with E-state index in [0.29, 0.717) is 28.6 Å². The van der Waals surface area contributed by atoms with Crippen LogP contribution in [0.2, 0.25) is 5.02 Å². The van der Waals surface area contributed by atoms with Crippen LogP contribution in [0.3, 0.4) is 0 Å². The highest BCUT2D eigenvalue weighted by Gasteiger charge is 2.16. The smallest absolute Gasteiger partial charge is 0.261 e. The molecule has 2 aromatic rings. The summed E-state index contributed by atoms with van der Waals surface area (Å²) in [5.74, 6) is -0.391. The molecule has 0 aliphatic heterocycles. The molecule has 0 unspecified atom stereocenters. The second-order valence-electron chi connectivity index (χ2n) is 5.06. The molecule has 1 aromatic carbocycles. The summed E-state index contributed by atoms with van der Waals surface area (Å²) in [4.78, 5) is 28.1. The monoisotopic (exact) mass is 347 g/mol. The summed E-state index contributed by atoms with van der Waals surface area (Å²) in [5.41, 5.74) is 1.90. The largest absolute Gasteiger partial charge is 0.477 e. The van der Waals surface area contributed by atoms with E-state index >= 15 is 0 Å². The van der Waals surface area contributed by atoms with Crippen LogP contribution in [0.4, 0.5) is 11.4 Å². The molecule has 0 aliphatic rings. The second-order valence-corrected chi connectivity index (χ2v) is 5.50. The molecule has 2 rings (SSSR count). The van der Waals surface area contributed by atoms with E-state index in [2.05, 4.69) is 15.6 Å². The SMILES string of the molecule is CCOc1nc(C)ccc1C(=O)Nc1cc(Cl)ccc1NC(C)=O. The summed E-state index contributed by atoms with van der Waals surface area (Å²) in [7, 11) is 0. The lowest BCUT2D eigenvalue weighted by Gasteiger charge is -2.14. The van der Waals surface area contributed by atoms with E-state index in [1.54, 1.807) is 30.3 Å². The Morgan fingerprint density at radius 3 is 2.58 bits per heavy atom. The van der Waals surface area contributed by atoms with Gasteiger partial charge in [-0.25, -0.2) is 4.98 Å². The molecule has 0 aliphatic carbocycles. The number of carbonyl (C=O) groups excluding carboxylic acids is 2. The molecule has 1 aromatic heterocycles. The molecule has 0 spiro atoms. The van der Waals surface area contributed by atoms with Crippen LogP contribution in [0.1, 0.15) is 29.9 Å². The van der Waals surface area contributed by atoms with Crippen LogP contribution in [0, 0.1) is 6.92 Å². The molecule has 0 saturated heterocycles. The lowest BCUT2D eigenvalue weighted by Crippen LogP contribution is -2.17. The summed E-state index contributed by atoms with van der Waals surface area (Å²) in [6.07, 6.45) is 0. The van der Waals surface area contributed by atoms with Gasteiger partial charge in [-0.1, -0.05) is 11.6 Å². The van der Waals surface area contributed by atoms with Crippen molar-refractivity contribution in [3.05, 3.63) is 46.6 Å². The van der Waals surface area contributed by atoms with Gasteiger partial charge >= 0.3 is 0 Å². The molecule has 1 heterocycles. The van der Waals surface area contributed by atoms with Crippen molar-refractivity contribution in [2.24, 2.45) is 0 Å². The lowest BCUT2D eigenvalue weighted by atomic mass is 10.2. The third kappa shape index (κ3) is 4.45. The van der Waals surface area contributed by atoms with Gasteiger partial charge in [-0.2, -0.15) is 0 Å². The molecule has 2 N–H and O–H groups in total. The van der Waals surface area contributed by atoms with E-state index in [1.807, 2.05) is 13.8 Å². The van der Waals surface area contributed by atoms with Crippen molar-refractivity contribution in [3.8, 4) is 5.88 Å². The van der Waals surface area contributed by atoms with Crippen molar-refractivity contribution in [2.45, 2.75) is 20.8 Å². The Labute approximate surface area is 145 Å². The topological polar surface area (TPSA) is 80.3 Å². The fraction of sp³-hybridized carbons (Fsp3) is 0.235. The Kier molecular flexibility index (Phi) is 5.76. The van der Waals surface area contributed by atoms with Crippen molar-refractivity contribution in [3.63, 3.8) is 0 Å². The van der Waals surface area contributed by atoms with E-state index in [4.69, 9.17) is 16.3 Å². The number of aryl methyl sites for hydroxylation is 1. The minimum absolute atomic E-state index is 0.250.